The summed E-state index contributed by atoms with van der Waals surface area (Å²) in [5.74, 6) is 1.90. The van der Waals surface area contributed by atoms with Crippen molar-refractivity contribution < 1.29 is 0 Å². The fourth-order valence-corrected chi connectivity index (χ4v) is 3.01. The first kappa shape index (κ1) is 13.0. The van der Waals surface area contributed by atoms with Crippen LogP contribution in [0.3, 0.4) is 0 Å². The van der Waals surface area contributed by atoms with Gasteiger partial charge < -0.3 is 5.32 Å². The van der Waals surface area contributed by atoms with Crippen LogP contribution in [-0.2, 0) is 0 Å². The molecule has 0 aromatic rings. The van der Waals surface area contributed by atoms with Crippen molar-refractivity contribution in [2.75, 3.05) is 6.54 Å². The largest absolute Gasteiger partial charge is 0.311 e. The molecular formula is C14H29N. The predicted molar refractivity (Wildman–Crippen MR) is 68.1 cm³/mol. The molecule has 1 heteroatoms. The molecule has 1 saturated carbocycles. The highest BCUT2D eigenvalue weighted by Gasteiger charge is 2.38. The van der Waals surface area contributed by atoms with Crippen LogP contribution < -0.4 is 5.32 Å². The minimum Gasteiger partial charge on any atom is -0.311 e. The Kier molecular flexibility index (Phi) is 5.11. The molecule has 2 unspecified atom stereocenters. The lowest BCUT2D eigenvalue weighted by Crippen LogP contribution is -2.56. The SMILES string of the molecule is CC.CC(C)C1CCCC2(CCN2)CC1. The van der Waals surface area contributed by atoms with Crippen LogP contribution in [0.1, 0.15) is 66.2 Å². The van der Waals surface area contributed by atoms with Gasteiger partial charge in [0, 0.05) is 5.54 Å². The van der Waals surface area contributed by atoms with Gasteiger partial charge in [-0.05, 0) is 44.1 Å². The lowest BCUT2D eigenvalue weighted by atomic mass is 9.80. The molecule has 1 nitrogen and oxygen atoms in total. The molecule has 1 aliphatic heterocycles. The average Bonchev–Trinajstić information content (AvgIpc) is 2.42. The van der Waals surface area contributed by atoms with Crippen molar-refractivity contribution in [3.05, 3.63) is 0 Å². The van der Waals surface area contributed by atoms with Crippen LogP contribution in [0.5, 0.6) is 0 Å². The summed E-state index contributed by atoms with van der Waals surface area (Å²) in [6.07, 6.45) is 8.71. The second-order valence-corrected chi connectivity index (χ2v) is 5.39. The summed E-state index contributed by atoms with van der Waals surface area (Å²) in [5, 5.41) is 3.66. The van der Waals surface area contributed by atoms with Gasteiger partial charge in [-0.1, -0.05) is 40.5 Å². The molecule has 2 atom stereocenters. The molecule has 0 aromatic heterocycles. The lowest BCUT2D eigenvalue weighted by molar-refractivity contribution is 0.176. The number of hydrogen-bond acceptors (Lipinski definition) is 1. The van der Waals surface area contributed by atoms with E-state index in [2.05, 4.69) is 19.2 Å². The van der Waals surface area contributed by atoms with E-state index in [1.165, 1.54) is 45.1 Å². The highest BCUT2D eigenvalue weighted by atomic mass is 15.0. The molecule has 15 heavy (non-hydrogen) atoms. The van der Waals surface area contributed by atoms with Crippen molar-refractivity contribution in [1.29, 1.82) is 0 Å². The topological polar surface area (TPSA) is 12.0 Å². The molecule has 90 valence electrons. The van der Waals surface area contributed by atoms with Gasteiger partial charge in [-0.15, -0.1) is 0 Å². The third-order valence-corrected chi connectivity index (χ3v) is 4.27. The standard InChI is InChI=1S/C12H23N.C2H6/c1-10(2)11-4-3-6-12(7-5-11)8-9-13-12;1-2/h10-11,13H,3-9H2,1-2H3;1-2H3. The summed E-state index contributed by atoms with van der Waals surface area (Å²) in [6, 6.07) is 0. The Balaban J connectivity index is 0.000000531. The summed E-state index contributed by atoms with van der Waals surface area (Å²) in [6.45, 7) is 10.0. The zero-order valence-electron chi connectivity index (χ0n) is 11.1. The van der Waals surface area contributed by atoms with E-state index in [4.69, 9.17) is 0 Å². The summed E-state index contributed by atoms with van der Waals surface area (Å²) in [7, 11) is 0. The van der Waals surface area contributed by atoms with Crippen LogP contribution in [0.15, 0.2) is 0 Å². The maximum absolute atomic E-state index is 3.66. The molecule has 0 radical (unpaired) electrons. The Morgan fingerprint density at radius 1 is 1.07 bits per heavy atom. The van der Waals surface area contributed by atoms with E-state index < -0.39 is 0 Å². The minimum absolute atomic E-state index is 0.601. The zero-order chi connectivity index (χ0) is 11.3. The van der Waals surface area contributed by atoms with E-state index in [1.54, 1.807) is 0 Å². The van der Waals surface area contributed by atoms with Gasteiger partial charge in [0.25, 0.3) is 0 Å². The molecule has 1 heterocycles. The number of rotatable bonds is 1. The molecule has 0 amide bonds. The van der Waals surface area contributed by atoms with Crippen molar-refractivity contribution in [3.63, 3.8) is 0 Å². The Labute approximate surface area is 96.0 Å². The summed E-state index contributed by atoms with van der Waals surface area (Å²) < 4.78 is 0. The fourth-order valence-electron chi connectivity index (χ4n) is 3.01. The highest BCUT2D eigenvalue weighted by Crippen LogP contribution is 2.38. The average molecular weight is 211 g/mol. The van der Waals surface area contributed by atoms with Crippen molar-refractivity contribution in [3.8, 4) is 0 Å². The third kappa shape index (κ3) is 3.21. The molecule has 0 aromatic carbocycles. The summed E-state index contributed by atoms with van der Waals surface area (Å²) >= 11 is 0. The van der Waals surface area contributed by atoms with E-state index in [1.807, 2.05) is 13.8 Å². The quantitative estimate of drug-likeness (QED) is 0.692. The Morgan fingerprint density at radius 2 is 1.73 bits per heavy atom. The van der Waals surface area contributed by atoms with Crippen molar-refractivity contribution in [2.24, 2.45) is 11.8 Å². The van der Waals surface area contributed by atoms with Gasteiger partial charge in [-0.2, -0.15) is 0 Å². The highest BCUT2D eigenvalue weighted by molar-refractivity contribution is 4.98. The normalized spacial score (nSPS) is 35.4. The molecule has 1 spiro atoms. The lowest BCUT2D eigenvalue weighted by Gasteiger charge is -2.43. The Hall–Kier alpha value is -0.0400. The van der Waals surface area contributed by atoms with Crippen LogP contribution in [0.25, 0.3) is 0 Å². The fraction of sp³-hybridized carbons (Fsp3) is 1.00. The van der Waals surface area contributed by atoms with Crippen molar-refractivity contribution >= 4 is 0 Å². The second-order valence-electron chi connectivity index (χ2n) is 5.39. The molecule has 0 bridgehead atoms. The van der Waals surface area contributed by atoms with Crippen LogP contribution in [0.4, 0.5) is 0 Å². The van der Waals surface area contributed by atoms with E-state index in [-0.39, 0.29) is 0 Å². The van der Waals surface area contributed by atoms with Gasteiger partial charge in [0.15, 0.2) is 0 Å². The molecule has 1 saturated heterocycles. The Morgan fingerprint density at radius 3 is 2.20 bits per heavy atom. The van der Waals surface area contributed by atoms with Gasteiger partial charge >= 0.3 is 0 Å². The first-order valence-electron chi connectivity index (χ1n) is 6.97. The molecule has 1 N–H and O–H groups in total. The molecule has 1 aliphatic carbocycles. The van der Waals surface area contributed by atoms with Gasteiger partial charge in [-0.3, -0.25) is 0 Å². The van der Waals surface area contributed by atoms with Crippen molar-refractivity contribution in [1.82, 2.24) is 5.32 Å². The molecule has 2 aliphatic rings. The van der Waals surface area contributed by atoms with E-state index in [9.17, 15) is 0 Å². The van der Waals surface area contributed by atoms with Crippen LogP contribution in [-0.4, -0.2) is 12.1 Å². The molecule has 2 fully saturated rings. The van der Waals surface area contributed by atoms with Gasteiger partial charge in [-0.25, -0.2) is 0 Å². The van der Waals surface area contributed by atoms with E-state index in [0.29, 0.717) is 5.54 Å². The monoisotopic (exact) mass is 211 g/mol. The predicted octanol–water partition coefficient (Wildman–Crippen LogP) is 3.98. The van der Waals surface area contributed by atoms with Crippen LogP contribution in [0, 0.1) is 11.8 Å². The number of nitrogens with one attached hydrogen (secondary N) is 1. The first-order valence-corrected chi connectivity index (χ1v) is 6.97. The van der Waals surface area contributed by atoms with Crippen LogP contribution in [0.2, 0.25) is 0 Å². The van der Waals surface area contributed by atoms with E-state index >= 15 is 0 Å². The van der Waals surface area contributed by atoms with E-state index in [0.717, 1.165) is 11.8 Å². The Bertz CT molecular complexity index is 170. The molecule has 2 rings (SSSR count). The maximum atomic E-state index is 3.66. The molecular weight excluding hydrogens is 182 g/mol. The van der Waals surface area contributed by atoms with Crippen LogP contribution >= 0.6 is 0 Å². The first-order chi connectivity index (χ1) is 7.22. The van der Waals surface area contributed by atoms with Gasteiger partial charge in [0.2, 0.25) is 0 Å². The van der Waals surface area contributed by atoms with Crippen molar-refractivity contribution in [2.45, 2.75) is 71.8 Å². The van der Waals surface area contributed by atoms with Gasteiger partial charge in [0.1, 0.15) is 0 Å². The number of hydrogen-bond donors (Lipinski definition) is 1. The zero-order valence-corrected chi connectivity index (χ0v) is 11.1. The summed E-state index contributed by atoms with van der Waals surface area (Å²) in [5.41, 5.74) is 0.601. The third-order valence-electron chi connectivity index (χ3n) is 4.27. The smallest absolute Gasteiger partial charge is 0.0193 e. The van der Waals surface area contributed by atoms with Gasteiger partial charge in [0.05, 0.1) is 0 Å². The summed E-state index contributed by atoms with van der Waals surface area (Å²) in [4.78, 5) is 0. The maximum Gasteiger partial charge on any atom is 0.0193 e. The minimum atomic E-state index is 0.601. The second kappa shape index (κ2) is 5.89.